The molecule has 0 bridgehead atoms. The number of nitrogens with one attached hydrogen (secondary N) is 1. The normalized spacial score (nSPS) is 16.1. The lowest BCUT2D eigenvalue weighted by Crippen LogP contribution is -2.46. The molecule has 3 rings (SSSR count). The maximum Gasteiger partial charge on any atom is 0.239 e. The predicted molar refractivity (Wildman–Crippen MR) is 107 cm³/mol. The van der Waals surface area contributed by atoms with Crippen molar-refractivity contribution in [2.45, 2.75) is 51.1 Å². The average molecular weight is 387 g/mol. The minimum atomic E-state index is -0.541. The fraction of sp³-hybridized carbons (Fsp3) is 0.550. The van der Waals surface area contributed by atoms with E-state index in [0.717, 1.165) is 23.8 Å². The summed E-state index contributed by atoms with van der Waals surface area (Å²) in [6.07, 6.45) is 6.70. The first-order valence-corrected chi connectivity index (χ1v) is 9.85. The summed E-state index contributed by atoms with van der Waals surface area (Å²) in [5.74, 6) is 0.447. The lowest BCUT2D eigenvalue weighted by molar-refractivity contribution is -0.136. The van der Waals surface area contributed by atoms with Crippen LogP contribution in [0.25, 0.3) is 11.0 Å². The van der Waals surface area contributed by atoms with Gasteiger partial charge in [0.15, 0.2) is 11.4 Å². The molecular formula is C20H29N5O3. The summed E-state index contributed by atoms with van der Waals surface area (Å²) in [6, 6.07) is 4.90. The Balaban J connectivity index is 1.45. The van der Waals surface area contributed by atoms with Gasteiger partial charge in [0.1, 0.15) is 0 Å². The van der Waals surface area contributed by atoms with E-state index in [2.05, 4.69) is 10.5 Å². The van der Waals surface area contributed by atoms with Crippen LogP contribution in [-0.2, 0) is 16.1 Å². The second kappa shape index (κ2) is 9.05. The molecule has 2 aromatic rings. The highest BCUT2D eigenvalue weighted by Crippen LogP contribution is 2.27. The standard InChI is InChI=1S/C20H29N5O3/c1-25(20(27)16(21)9-13-5-3-2-4-6-13)12-18(26)23-11-14-7-8-15-17(10-14)28-24-19(15)22/h7-8,10,13,16H,2-6,9,11-12,21H2,1H3,(H2,22,24)(H,23,26)/t16-/m1/s1. The Hall–Kier alpha value is -2.61. The van der Waals surface area contributed by atoms with Crippen molar-refractivity contribution >= 4 is 28.6 Å². The van der Waals surface area contributed by atoms with Gasteiger partial charge in [0, 0.05) is 13.6 Å². The Morgan fingerprint density at radius 2 is 2.07 bits per heavy atom. The van der Waals surface area contributed by atoms with Gasteiger partial charge in [0.2, 0.25) is 11.8 Å². The molecule has 152 valence electrons. The topological polar surface area (TPSA) is 127 Å². The van der Waals surface area contributed by atoms with Crippen molar-refractivity contribution in [3.8, 4) is 0 Å². The molecule has 1 atom stereocenters. The molecule has 1 aliphatic rings. The van der Waals surface area contributed by atoms with Crippen LogP contribution < -0.4 is 16.8 Å². The molecule has 1 heterocycles. The van der Waals surface area contributed by atoms with E-state index in [1.165, 1.54) is 24.2 Å². The zero-order valence-electron chi connectivity index (χ0n) is 16.3. The van der Waals surface area contributed by atoms with Gasteiger partial charge in [-0.3, -0.25) is 9.59 Å². The molecule has 0 unspecified atom stereocenters. The number of anilines is 1. The summed E-state index contributed by atoms with van der Waals surface area (Å²) in [5.41, 5.74) is 13.2. The summed E-state index contributed by atoms with van der Waals surface area (Å²) in [6.45, 7) is 0.306. The fourth-order valence-electron chi connectivity index (χ4n) is 3.83. The zero-order chi connectivity index (χ0) is 20.1. The molecule has 1 fully saturated rings. The summed E-state index contributed by atoms with van der Waals surface area (Å²) < 4.78 is 5.13. The van der Waals surface area contributed by atoms with Crippen LogP contribution in [-0.4, -0.2) is 41.5 Å². The summed E-state index contributed by atoms with van der Waals surface area (Å²) in [7, 11) is 1.62. The highest BCUT2D eigenvalue weighted by atomic mass is 16.5. The molecule has 0 aliphatic heterocycles. The molecule has 0 radical (unpaired) electrons. The van der Waals surface area contributed by atoms with Crippen LogP contribution in [0.2, 0.25) is 0 Å². The Morgan fingerprint density at radius 3 is 2.82 bits per heavy atom. The monoisotopic (exact) mass is 387 g/mol. The third-order valence-corrected chi connectivity index (χ3v) is 5.44. The van der Waals surface area contributed by atoms with E-state index in [-0.39, 0.29) is 18.4 Å². The van der Waals surface area contributed by atoms with Gasteiger partial charge in [0.25, 0.3) is 0 Å². The largest absolute Gasteiger partial charge is 0.380 e. The molecule has 8 heteroatoms. The van der Waals surface area contributed by atoms with Crippen molar-refractivity contribution in [1.82, 2.24) is 15.4 Å². The van der Waals surface area contributed by atoms with E-state index in [4.69, 9.17) is 16.0 Å². The quantitative estimate of drug-likeness (QED) is 0.664. The molecule has 1 aromatic carbocycles. The van der Waals surface area contributed by atoms with Crippen LogP contribution >= 0.6 is 0 Å². The Bertz CT molecular complexity index is 828. The lowest BCUT2D eigenvalue weighted by Gasteiger charge is -2.26. The van der Waals surface area contributed by atoms with E-state index in [1.54, 1.807) is 13.1 Å². The summed E-state index contributed by atoms with van der Waals surface area (Å²) in [4.78, 5) is 26.1. The number of fused-ring (bicyclic) bond motifs is 1. The first-order chi connectivity index (χ1) is 13.4. The van der Waals surface area contributed by atoms with Gasteiger partial charge in [-0.15, -0.1) is 0 Å². The van der Waals surface area contributed by atoms with Gasteiger partial charge in [-0.2, -0.15) is 0 Å². The smallest absolute Gasteiger partial charge is 0.239 e. The predicted octanol–water partition coefficient (Wildman–Crippen LogP) is 1.78. The van der Waals surface area contributed by atoms with Crippen molar-refractivity contribution in [2.75, 3.05) is 19.3 Å². The number of benzene rings is 1. The minimum absolute atomic E-state index is 0.0191. The highest BCUT2D eigenvalue weighted by Gasteiger charge is 2.24. The van der Waals surface area contributed by atoms with Crippen LogP contribution in [0, 0.1) is 5.92 Å². The third kappa shape index (κ3) is 5.01. The van der Waals surface area contributed by atoms with Crippen LogP contribution in [0.1, 0.15) is 44.1 Å². The first-order valence-electron chi connectivity index (χ1n) is 9.85. The van der Waals surface area contributed by atoms with Crippen LogP contribution in [0.4, 0.5) is 5.82 Å². The molecular weight excluding hydrogens is 358 g/mol. The molecule has 28 heavy (non-hydrogen) atoms. The highest BCUT2D eigenvalue weighted by molar-refractivity contribution is 5.88. The molecule has 0 saturated heterocycles. The first kappa shape index (κ1) is 20.1. The van der Waals surface area contributed by atoms with Crippen molar-refractivity contribution in [3.05, 3.63) is 23.8 Å². The van der Waals surface area contributed by atoms with Gasteiger partial charge in [-0.05, 0) is 30.0 Å². The second-order valence-electron chi connectivity index (χ2n) is 7.72. The molecule has 2 amide bonds. The van der Waals surface area contributed by atoms with Gasteiger partial charge in [-0.25, -0.2) is 0 Å². The van der Waals surface area contributed by atoms with Crippen molar-refractivity contribution in [1.29, 1.82) is 0 Å². The van der Waals surface area contributed by atoms with Gasteiger partial charge in [0.05, 0.1) is 18.0 Å². The number of aromatic nitrogens is 1. The summed E-state index contributed by atoms with van der Waals surface area (Å²) in [5, 5.41) is 7.26. The number of rotatable bonds is 7. The van der Waals surface area contributed by atoms with E-state index in [1.807, 2.05) is 12.1 Å². The number of likely N-dealkylation sites (N-methyl/N-ethyl adjacent to an activating group) is 1. The van der Waals surface area contributed by atoms with Gasteiger partial charge < -0.3 is 26.2 Å². The zero-order valence-corrected chi connectivity index (χ0v) is 16.3. The number of hydrogen-bond acceptors (Lipinski definition) is 6. The average Bonchev–Trinajstić information content (AvgIpc) is 3.06. The third-order valence-electron chi connectivity index (χ3n) is 5.44. The van der Waals surface area contributed by atoms with Crippen molar-refractivity contribution in [3.63, 3.8) is 0 Å². The number of carbonyl (C=O) groups is 2. The Morgan fingerprint density at radius 1 is 1.32 bits per heavy atom. The van der Waals surface area contributed by atoms with Crippen molar-refractivity contribution in [2.24, 2.45) is 11.7 Å². The number of nitrogen functional groups attached to an aromatic ring is 1. The van der Waals surface area contributed by atoms with E-state index in [0.29, 0.717) is 30.3 Å². The maximum absolute atomic E-state index is 12.5. The Labute approximate surface area is 164 Å². The maximum atomic E-state index is 12.5. The van der Waals surface area contributed by atoms with Gasteiger partial charge in [-0.1, -0.05) is 43.3 Å². The number of nitrogens with zero attached hydrogens (tertiary/aromatic N) is 2. The fourth-order valence-corrected chi connectivity index (χ4v) is 3.83. The molecule has 8 nitrogen and oxygen atoms in total. The van der Waals surface area contributed by atoms with Crippen LogP contribution in [0.5, 0.6) is 0 Å². The second-order valence-corrected chi connectivity index (χ2v) is 7.72. The molecule has 5 N–H and O–H groups in total. The molecule has 0 spiro atoms. The number of amides is 2. The van der Waals surface area contributed by atoms with Gasteiger partial charge >= 0.3 is 0 Å². The number of hydrogen-bond donors (Lipinski definition) is 3. The molecule has 1 aliphatic carbocycles. The van der Waals surface area contributed by atoms with Crippen LogP contribution in [0.3, 0.4) is 0 Å². The van der Waals surface area contributed by atoms with E-state index < -0.39 is 6.04 Å². The molecule has 1 aromatic heterocycles. The SMILES string of the molecule is CN(CC(=O)NCc1ccc2c(N)noc2c1)C(=O)[C@H](N)CC1CCCCC1. The number of nitrogens with two attached hydrogens (primary N) is 2. The number of carbonyl (C=O) groups excluding carboxylic acids is 2. The van der Waals surface area contributed by atoms with E-state index in [9.17, 15) is 9.59 Å². The van der Waals surface area contributed by atoms with E-state index >= 15 is 0 Å². The van der Waals surface area contributed by atoms with Crippen molar-refractivity contribution < 1.29 is 14.1 Å². The lowest BCUT2D eigenvalue weighted by atomic mass is 9.85. The summed E-state index contributed by atoms with van der Waals surface area (Å²) >= 11 is 0. The minimum Gasteiger partial charge on any atom is -0.380 e. The van der Waals surface area contributed by atoms with Crippen LogP contribution in [0.15, 0.2) is 22.7 Å². The molecule has 1 saturated carbocycles. The Kier molecular flexibility index (Phi) is 6.51.